The van der Waals surface area contributed by atoms with Crippen LogP contribution in [0, 0.1) is 0 Å². The Balaban J connectivity index is 2.35. The minimum atomic E-state index is -3.60. The van der Waals surface area contributed by atoms with E-state index in [-0.39, 0.29) is 22.7 Å². The van der Waals surface area contributed by atoms with Gasteiger partial charge in [-0.05, 0) is 19.9 Å². The maximum atomic E-state index is 12.6. The van der Waals surface area contributed by atoms with E-state index in [1.165, 1.54) is 21.1 Å². The number of nitrogens with two attached hydrogens (primary N) is 1. The van der Waals surface area contributed by atoms with Crippen molar-refractivity contribution < 1.29 is 13.2 Å². The summed E-state index contributed by atoms with van der Waals surface area (Å²) < 4.78 is 28.1. The Morgan fingerprint density at radius 2 is 1.90 bits per heavy atom. The summed E-state index contributed by atoms with van der Waals surface area (Å²) in [7, 11) is -2.00. The molecule has 2 heterocycles. The summed E-state index contributed by atoms with van der Waals surface area (Å²) >= 11 is 0. The van der Waals surface area contributed by atoms with E-state index in [9.17, 15) is 13.2 Å². The highest BCUT2D eigenvalue weighted by Gasteiger charge is 2.32. The number of piperazine rings is 1. The molecule has 2 atom stereocenters. The van der Waals surface area contributed by atoms with Crippen molar-refractivity contribution in [2.24, 2.45) is 12.8 Å². The molecule has 20 heavy (non-hydrogen) atoms. The third kappa shape index (κ3) is 2.72. The van der Waals surface area contributed by atoms with Crippen LogP contribution in [0.2, 0.25) is 0 Å². The van der Waals surface area contributed by atoms with Gasteiger partial charge in [0.1, 0.15) is 10.6 Å². The van der Waals surface area contributed by atoms with Crippen LogP contribution in [-0.4, -0.2) is 48.4 Å². The van der Waals surface area contributed by atoms with Crippen molar-refractivity contribution in [1.29, 1.82) is 0 Å². The zero-order valence-corrected chi connectivity index (χ0v) is 12.6. The number of aromatic nitrogens is 1. The zero-order chi connectivity index (χ0) is 15.1. The van der Waals surface area contributed by atoms with Gasteiger partial charge in [0.15, 0.2) is 0 Å². The van der Waals surface area contributed by atoms with E-state index in [0.29, 0.717) is 13.1 Å². The lowest BCUT2D eigenvalue weighted by molar-refractivity contribution is 0.0992. The molecule has 0 saturated carbocycles. The molecule has 1 amide bonds. The molecule has 1 saturated heterocycles. The average Bonchev–Trinajstić information content (AvgIpc) is 2.70. The minimum absolute atomic E-state index is 0.0906. The summed E-state index contributed by atoms with van der Waals surface area (Å²) in [5.41, 5.74) is 5.40. The number of carbonyl (C=O) groups excluding carboxylic acids is 1. The standard InChI is InChI=1S/C12H20N4O3S/c1-8-5-16(6-9(2)14-8)20(18,19)10-4-11(12(13)17)15(3)7-10/h4,7-9,14H,5-6H2,1-3H3,(H2,13,17). The first-order valence-corrected chi connectivity index (χ1v) is 7.88. The molecular formula is C12H20N4O3S. The third-order valence-electron chi connectivity index (χ3n) is 3.39. The van der Waals surface area contributed by atoms with Gasteiger partial charge in [0.05, 0.1) is 0 Å². The fourth-order valence-electron chi connectivity index (χ4n) is 2.54. The number of nitrogens with one attached hydrogen (secondary N) is 1. The Labute approximate surface area is 118 Å². The topological polar surface area (TPSA) is 97.4 Å². The molecular weight excluding hydrogens is 280 g/mol. The molecule has 2 rings (SSSR count). The first-order valence-electron chi connectivity index (χ1n) is 6.44. The van der Waals surface area contributed by atoms with Crippen LogP contribution < -0.4 is 11.1 Å². The first kappa shape index (κ1) is 15.0. The van der Waals surface area contributed by atoms with E-state index in [2.05, 4.69) is 5.32 Å². The fourth-order valence-corrected chi connectivity index (χ4v) is 4.23. The van der Waals surface area contributed by atoms with Gasteiger partial charge >= 0.3 is 0 Å². The summed E-state index contributed by atoms with van der Waals surface area (Å²) in [6, 6.07) is 1.51. The highest BCUT2D eigenvalue weighted by molar-refractivity contribution is 7.89. The van der Waals surface area contributed by atoms with E-state index in [4.69, 9.17) is 5.73 Å². The molecule has 0 spiro atoms. The van der Waals surface area contributed by atoms with Gasteiger partial charge in [-0.15, -0.1) is 0 Å². The predicted molar refractivity (Wildman–Crippen MR) is 74.7 cm³/mol. The van der Waals surface area contributed by atoms with Crippen LogP contribution in [-0.2, 0) is 17.1 Å². The lowest BCUT2D eigenvalue weighted by atomic mass is 10.2. The lowest BCUT2D eigenvalue weighted by Crippen LogP contribution is -2.55. The van der Waals surface area contributed by atoms with Crippen molar-refractivity contribution in [3.8, 4) is 0 Å². The molecule has 1 aromatic heterocycles. The van der Waals surface area contributed by atoms with Gasteiger partial charge in [-0.3, -0.25) is 4.79 Å². The van der Waals surface area contributed by atoms with E-state index in [1.54, 1.807) is 7.05 Å². The molecule has 3 N–H and O–H groups in total. The number of nitrogens with zero attached hydrogens (tertiary/aromatic N) is 2. The number of rotatable bonds is 3. The Bertz CT molecular complexity index is 613. The quantitative estimate of drug-likeness (QED) is 0.786. The molecule has 1 aromatic rings. The summed E-state index contributed by atoms with van der Waals surface area (Å²) in [5, 5.41) is 3.28. The van der Waals surface area contributed by atoms with E-state index in [0.717, 1.165) is 0 Å². The monoisotopic (exact) mass is 300 g/mol. The number of primary amides is 1. The van der Waals surface area contributed by atoms with Gasteiger partial charge in [0.25, 0.3) is 5.91 Å². The number of aryl methyl sites for hydroxylation is 1. The van der Waals surface area contributed by atoms with Crippen LogP contribution in [0.3, 0.4) is 0 Å². The number of hydrogen-bond acceptors (Lipinski definition) is 4. The summed E-state index contributed by atoms with van der Waals surface area (Å²) in [4.78, 5) is 11.3. The highest BCUT2D eigenvalue weighted by Crippen LogP contribution is 2.20. The molecule has 2 unspecified atom stereocenters. The molecule has 1 aliphatic heterocycles. The van der Waals surface area contributed by atoms with Crippen molar-refractivity contribution >= 4 is 15.9 Å². The van der Waals surface area contributed by atoms with Crippen LogP contribution in [0.4, 0.5) is 0 Å². The molecule has 0 bridgehead atoms. The van der Waals surface area contributed by atoms with E-state index in [1.807, 2.05) is 13.8 Å². The Morgan fingerprint density at radius 1 is 1.35 bits per heavy atom. The van der Waals surface area contributed by atoms with Crippen LogP contribution in [0.5, 0.6) is 0 Å². The average molecular weight is 300 g/mol. The second kappa shape index (κ2) is 5.19. The third-order valence-corrected chi connectivity index (χ3v) is 5.19. The Hall–Kier alpha value is -1.38. The summed E-state index contributed by atoms with van der Waals surface area (Å²) in [6.45, 7) is 4.71. The minimum Gasteiger partial charge on any atom is -0.364 e. The van der Waals surface area contributed by atoms with Gasteiger partial charge < -0.3 is 15.6 Å². The fraction of sp³-hybridized carbons (Fsp3) is 0.583. The van der Waals surface area contributed by atoms with Crippen LogP contribution in [0.15, 0.2) is 17.2 Å². The molecule has 0 aliphatic carbocycles. The van der Waals surface area contributed by atoms with Gasteiger partial charge in [-0.25, -0.2) is 8.42 Å². The van der Waals surface area contributed by atoms with Crippen molar-refractivity contribution in [3.63, 3.8) is 0 Å². The second-order valence-electron chi connectivity index (χ2n) is 5.33. The summed E-state index contributed by atoms with van der Waals surface area (Å²) in [6.07, 6.45) is 1.42. The number of hydrogen-bond donors (Lipinski definition) is 2. The largest absolute Gasteiger partial charge is 0.364 e. The molecule has 1 aliphatic rings. The number of carbonyl (C=O) groups is 1. The molecule has 8 heteroatoms. The van der Waals surface area contributed by atoms with Crippen LogP contribution in [0.25, 0.3) is 0 Å². The maximum Gasteiger partial charge on any atom is 0.265 e. The van der Waals surface area contributed by atoms with Crippen molar-refractivity contribution in [1.82, 2.24) is 14.2 Å². The van der Waals surface area contributed by atoms with E-state index >= 15 is 0 Å². The van der Waals surface area contributed by atoms with E-state index < -0.39 is 15.9 Å². The maximum absolute atomic E-state index is 12.6. The summed E-state index contributed by atoms with van der Waals surface area (Å²) in [5.74, 6) is -0.643. The predicted octanol–water partition coefficient (Wildman–Crippen LogP) is -0.505. The molecule has 1 fully saturated rings. The van der Waals surface area contributed by atoms with Crippen LogP contribution in [0.1, 0.15) is 24.3 Å². The molecule has 0 aromatic carbocycles. The number of amides is 1. The van der Waals surface area contributed by atoms with Crippen LogP contribution >= 0.6 is 0 Å². The second-order valence-corrected chi connectivity index (χ2v) is 7.26. The van der Waals surface area contributed by atoms with Gasteiger partial charge in [0.2, 0.25) is 10.0 Å². The van der Waals surface area contributed by atoms with Crippen molar-refractivity contribution in [3.05, 3.63) is 18.0 Å². The first-order chi connectivity index (χ1) is 9.21. The molecule has 112 valence electrons. The Kier molecular flexibility index (Phi) is 3.90. The lowest BCUT2D eigenvalue weighted by Gasteiger charge is -2.35. The highest BCUT2D eigenvalue weighted by atomic mass is 32.2. The molecule has 0 radical (unpaired) electrons. The smallest absolute Gasteiger partial charge is 0.265 e. The Morgan fingerprint density at radius 3 is 2.35 bits per heavy atom. The zero-order valence-electron chi connectivity index (χ0n) is 11.8. The van der Waals surface area contributed by atoms with Gasteiger partial charge in [-0.1, -0.05) is 0 Å². The SMILES string of the molecule is CC1CN(S(=O)(=O)c2cc(C(N)=O)n(C)c2)CC(C)N1. The van der Waals surface area contributed by atoms with Gasteiger partial charge in [-0.2, -0.15) is 4.31 Å². The molecule has 7 nitrogen and oxygen atoms in total. The normalized spacial score (nSPS) is 24.8. The van der Waals surface area contributed by atoms with Crippen molar-refractivity contribution in [2.45, 2.75) is 30.8 Å². The van der Waals surface area contributed by atoms with Crippen molar-refractivity contribution in [2.75, 3.05) is 13.1 Å². The number of sulfonamides is 1. The van der Waals surface area contributed by atoms with Gasteiger partial charge in [0, 0.05) is 38.4 Å².